The third kappa shape index (κ3) is 4.06. The maximum absolute atomic E-state index is 14.0. The van der Waals surface area contributed by atoms with Crippen molar-refractivity contribution in [1.82, 2.24) is 14.8 Å². The summed E-state index contributed by atoms with van der Waals surface area (Å²) in [4.78, 5) is 29.4. The van der Waals surface area contributed by atoms with Gasteiger partial charge in [-0.2, -0.15) is 0 Å². The van der Waals surface area contributed by atoms with Crippen molar-refractivity contribution in [3.05, 3.63) is 59.7 Å². The molecule has 1 aliphatic heterocycles. The number of benzene rings is 2. The summed E-state index contributed by atoms with van der Waals surface area (Å²) in [5.74, 6) is 1.01. The fraction of sp³-hybridized carbons (Fsp3) is 0.407. The van der Waals surface area contributed by atoms with Gasteiger partial charge in [0.1, 0.15) is 11.8 Å². The molecule has 2 heterocycles. The van der Waals surface area contributed by atoms with E-state index in [9.17, 15) is 9.59 Å². The van der Waals surface area contributed by atoms with E-state index in [0.29, 0.717) is 12.3 Å². The Kier molecular flexibility index (Phi) is 6.55. The molecule has 6 nitrogen and oxygen atoms in total. The zero-order chi connectivity index (χ0) is 23.7. The van der Waals surface area contributed by atoms with Crippen LogP contribution in [0.2, 0.25) is 0 Å². The highest BCUT2D eigenvalue weighted by Crippen LogP contribution is 2.44. The van der Waals surface area contributed by atoms with Gasteiger partial charge in [0.2, 0.25) is 11.8 Å². The van der Waals surface area contributed by atoms with Crippen LogP contribution in [0.3, 0.4) is 0 Å². The van der Waals surface area contributed by atoms with Crippen LogP contribution >= 0.6 is 11.8 Å². The van der Waals surface area contributed by atoms with E-state index in [1.165, 1.54) is 6.42 Å². The van der Waals surface area contributed by atoms with Crippen molar-refractivity contribution in [1.29, 1.82) is 0 Å². The number of ether oxygens (including phenoxy) is 1. The Labute approximate surface area is 204 Å². The van der Waals surface area contributed by atoms with Gasteiger partial charge in [0.05, 0.1) is 17.9 Å². The minimum Gasteiger partial charge on any atom is -0.496 e. The highest BCUT2D eigenvalue weighted by molar-refractivity contribution is 8.00. The summed E-state index contributed by atoms with van der Waals surface area (Å²) in [7, 11) is 3.66. The van der Waals surface area contributed by atoms with Gasteiger partial charge in [-0.1, -0.05) is 67.4 Å². The van der Waals surface area contributed by atoms with E-state index in [-0.39, 0.29) is 17.9 Å². The lowest BCUT2D eigenvalue weighted by Gasteiger charge is -2.38. The number of carbonyl (C=O) groups excluding carboxylic acids is 2. The van der Waals surface area contributed by atoms with Gasteiger partial charge in [0, 0.05) is 41.7 Å². The molecule has 3 aromatic rings. The Morgan fingerprint density at radius 1 is 1.09 bits per heavy atom. The van der Waals surface area contributed by atoms with E-state index < -0.39 is 6.04 Å². The molecule has 2 aromatic carbocycles. The summed E-state index contributed by atoms with van der Waals surface area (Å²) in [6, 6.07) is 15.3. The summed E-state index contributed by atoms with van der Waals surface area (Å²) in [6.45, 7) is 0.347. The molecule has 1 aliphatic carbocycles. The zero-order valence-electron chi connectivity index (χ0n) is 19.8. The molecule has 0 spiro atoms. The van der Waals surface area contributed by atoms with E-state index in [1.807, 2.05) is 48.3 Å². The van der Waals surface area contributed by atoms with Gasteiger partial charge in [-0.15, -0.1) is 0 Å². The molecule has 1 fully saturated rings. The fourth-order valence-electron chi connectivity index (χ4n) is 5.48. The molecule has 5 rings (SSSR count). The number of thioether (sulfide) groups is 1. The van der Waals surface area contributed by atoms with Crippen molar-refractivity contribution >= 4 is 34.5 Å². The Morgan fingerprint density at radius 3 is 2.62 bits per heavy atom. The van der Waals surface area contributed by atoms with E-state index >= 15 is 0 Å². The van der Waals surface area contributed by atoms with E-state index in [0.717, 1.165) is 58.5 Å². The highest BCUT2D eigenvalue weighted by atomic mass is 32.2. The maximum atomic E-state index is 14.0. The average Bonchev–Trinajstić information content (AvgIpc) is 3.05. The summed E-state index contributed by atoms with van der Waals surface area (Å²) in [5, 5.41) is 5.19. The monoisotopic (exact) mass is 477 g/mol. The second kappa shape index (κ2) is 9.74. The van der Waals surface area contributed by atoms with E-state index in [1.54, 1.807) is 18.9 Å². The largest absolute Gasteiger partial charge is 0.496 e. The Hall–Kier alpha value is -2.93. The Bertz CT molecular complexity index is 1220. The summed E-state index contributed by atoms with van der Waals surface area (Å²) in [6.07, 6.45) is 5.29. The molecular formula is C27H31N3O3S. The zero-order valence-corrected chi connectivity index (χ0v) is 20.6. The van der Waals surface area contributed by atoms with Gasteiger partial charge in [-0.05, 0) is 25.0 Å². The number of aromatic nitrogens is 1. The smallest absolute Gasteiger partial charge is 0.247 e. The van der Waals surface area contributed by atoms with Crippen LogP contribution in [0.4, 0.5) is 0 Å². The molecule has 0 unspecified atom stereocenters. The van der Waals surface area contributed by atoms with Crippen LogP contribution in [0.1, 0.15) is 49.3 Å². The molecule has 2 amide bonds. The number of nitrogens with one attached hydrogen (secondary N) is 1. The quantitative estimate of drug-likeness (QED) is 0.573. The summed E-state index contributed by atoms with van der Waals surface area (Å²) >= 11 is 1.55. The van der Waals surface area contributed by atoms with Crippen molar-refractivity contribution in [3.63, 3.8) is 0 Å². The minimum atomic E-state index is -0.651. The number of amides is 2. The molecule has 2 aliphatic rings. The second-order valence-corrected chi connectivity index (χ2v) is 10.1. The number of nitrogens with zero attached hydrogens (tertiary/aromatic N) is 2. The van der Waals surface area contributed by atoms with Gasteiger partial charge in [-0.3, -0.25) is 9.59 Å². The number of methoxy groups -OCH3 is 1. The van der Waals surface area contributed by atoms with Gasteiger partial charge < -0.3 is 19.5 Å². The van der Waals surface area contributed by atoms with Crippen LogP contribution in [-0.4, -0.2) is 40.2 Å². The first-order valence-corrected chi connectivity index (χ1v) is 13.0. The van der Waals surface area contributed by atoms with Crippen molar-refractivity contribution in [2.75, 3.05) is 12.9 Å². The molecule has 1 aromatic heterocycles. The molecule has 178 valence electrons. The summed E-state index contributed by atoms with van der Waals surface area (Å²) < 4.78 is 7.60. The lowest BCUT2D eigenvalue weighted by atomic mass is 9.91. The van der Waals surface area contributed by atoms with Crippen LogP contribution < -0.4 is 10.1 Å². The topological polar surface area (TPSA) is 63.6 Å². The first-order valence-electron chi connectivity index (χ1n) is 12.0. The van der Waals surface area contributed by atoms with Gasteiger partial charge in [0.15, 0.2) is 0 Å². The number of hydrogen-bond donors (Lipinski definition) is 1. The van der Waals surface area contributed by atoms with Gasteiger partial charge in [-0.25, -0.2) is 0 Å². The van der Waals surface area contributed by atoms with Crippen molar-refractivity contribution in [2.45, 2.75) is 55.8 Å². The van der Waals surface area contributed by atoms with Crippen LogP contribution in [-0.2, 0) is 23.2 Å². The predicted octanol–water partition coefficient (Wildman–Crippen LogP) is 4.81. The number of carbonyl (C=O) groups is 2. The lowest BCUT2D eigenvalue weighted by molar-refractivity contribution is -0.142. The lowest BCUT2D eigenvalue weighted by Crippen LogP contribution is -2.49. The highest BCUT2D eigenvalue weighted by Gasteiger charge is 2.42. The maximum Gasteiger partial charge on any atom is 0.247 e. The van der Waals surface area contributed by atoms with Crippen LogP contribution in [0.25, 0.3) is 10.9 Å². The average molecular weight is 478 g/mol. The minimum absolute atomic E-state index is 0.0506. The third-order valence-electron chi connectivity index (χ3n) is 7.12. The molecule has 0 bridgehead atoms. The van der Waals surface area contributed by atoms with Crippen molar-refractivity contribution in [2.24, 2.45) is 7.05 Å². The first-order chi connectivity index (χ1) is 16.6. The van der Waals surface area contributed by atoms with Crippen molar-refractivity contribution < 1.29 is 14.3 Å². The summed E-state index contributed by atoms with van der Waals surface area (Å²) in [5.41, 5.74) is 2.95. The molecule has 0 saturated heterocycles. The predicted molar refractivity (Wildman–Crippen MR) is 135 cm³/mol. The SMILES string of the molecule is COc1ccccc1CNC(=O)[C@@H]1c2c(n(C)c3ccccc23)SCC(=O)N1C1CCCCC1. The van der Waals surface area contributed by atoms with Gasteiger partial charge in [0.25, 0.3) is 0 Å². The number of fused-ring (bicyclic) bond motifs is 3. The van der Waals surface area contributed by atoms with E-state index in [2.05, 4.69) is 22.0 Å². The standard InChI is InChI=1S/C27H31N3O3S/c1-29-21-14-8-7-13-20(21)24-25(26(32)28-16-18-10-6-9-15-22(18)33-2)30(19-11-4-3-5-12-19)23(31)17-34-27(24)29/h6-10,13-15,19,25H,3-5,11-12,16-17H2,1-2H3,(H,28,32)/t25-/m0/s1. The molecule has 0 radical (unpaired) electrons. The second-order valence-electron chi connectivity index (χ2n) is 9.11. The third-order valence-corrected chi connectivity index (χ3v) is 8.28. The Balaban J connectivity index is 1.58. The first kappa shape index (κ1) is 22.8. The number of hydrogen-bond acceptors (Lipinski definition) is 4. The molecule has 1 N–H and O–H groups in total. The van der Waals surface area contributed by atoms with Crippen LogP contribution in [0, 0.1) is 0 Å². The number of para-hydroxylation sites is 2. The van der Waals surface area contributed by atoms with E-state index in [4.69, 9.17) is 4.74 Å². The molecule has 1 atom stereocenters. The van der Waals surface area contributed by atoms with Crippen LogP contribution in [0.15, 0.2) is 53.6 Å². The number of rotatable bonds is 5. The molecular weight excluding hydrogens is 446 g/mol. The molecule has 7 heteroatoms. The normalized spacial score (nSPS) is 19.1. The van der Waals surface area contributed by atoms with Gasteiger partial charge >= 0.3 is 0 Å². The molecule has 1 saturated carbocycles. The molecule has 34 heavy (non-hydrogen) atoms. The Morgan fingerprint density at radius 2 is 1.82 bits per heavy atom. The van der Waals surface area contributed by atoms with Crippen molar-refractivity contribution in [3.8, 4) is 5.75 Å². The fourth-order valence-corrected chi connectivity index (χ4v) is 6.56. The number of aryl methyl sites for hydroxylation is 1. The van der Waals surface area contributed by atoms with Crippen LogP contribution in [0.5, 0.6) is 5.75 Å².